The first kappa shape index (κ1) is 14.3. The number of rotatable bonds is 6. The van der Waals surface area contributed by atoms with Crippen LogP contribution in [0.2, 0.25) is 0 Å². The van der Waals surface area contributed by atoms with Gasteiger partial charge in [-0.05, 0) is 19.1 Å². The summed E-state index contributed by atoms with van der Waals surface area (Å²) in [5.74, 6) is -1.02. The summed E-state index contributed by atoms with van der Waals surface area (Å²) in [6, 6.07) is 9.49. The van der Waals surface area contributed by atoms with Crippen LogP contribution in [-0.2, 0) is 14.3 Å². The van der Waals surface area contributed by atoms with Gasteiger partial charge in [-0.1, -0.05) is 18.2 Å². The number of likely N-dealkylation sites (tertiary alicyclic amines) is 1. The Morgan fingerprint density at radius 1 is 1.35 bits per heavy atom. The van der Waals surface area contributed by atoms with Crippen molar-refractivity contribution in [1.82, 2.24) is 4.90 Å². The van der Waals surface area contributed by atoms with Crippen molar-refractivity contribution in [3.05, 3.63) is 30.3 Å². The Bertz CT molecular complexity index is 483. The maximum atomic E-state index is 11.9. The first-order chi connectivity index (χ1) is 9.48. The van der Waals surface area contributed by atoms with Crippen molar-refractivity contribution in [2.45, 2.75) is 12.5 Å². The molecule has 0 spiro atoms. The van der Waals surface area contributed by atoms with E-state index in [2.05, 4.69) is 5.32 Å². The first-order valence-corrected chi connectivity index (χ1v) is 6.41. The van der Waals surface area contributed by atoms with Gasteiger partial charge in [0.25, 0.3) is 0 Å². The minimum absolute atomic E-state index is 0.0229. The number of carboxylic acids is 1. The second-order valence-corrected chi connectivity index (χ2v) is 5.10. The van der Waals surface area contributed by atoms with Gasteiger partial charge in [0, 0.05) is 5.69 Å². The molecule has 1 aromatic rings. The molecule has 108 valence electrons. The zero-order valence-electron chi connectivity index (χ0n) is 11.3. The fourth-order valence-corrected chi connectivity index (χ4v) is 2.11. The van der Waals surface area contributed by atoms with Crippen molar-refractivity contribution >= 4 is 17.6 Å². The van der Waals surface area contributed by atoms with E-state index in [1.165, 1.54) is 0 Å². The Labute approximate surface area is 117 Å². The van der Waals surface area contributed by atoms with Gasteiger partial charge in [-0.15, -0.1) is 0 Å². The number of carbonyl (C=O) groups excluding carboxylic acids is 1. The van der Waals surface area contributed by atoms with Gasteiger partial charge in [-0.2, -0.15) is 0 Å². The molecule has 6 heteroatoms. The molecule has 0 atom stereocenters. The molecule has 0 aromatic heterocycles. The number of hydrogen-bond donors (Lipinski definition) is 2. The summed E-state index contributed by atoms with van der Waals surface area (Å²) in [7, 11) is 0. The summed E-state index contributed by atoms with van der Waals surface area (Å²) in [5, 5.41) is 11.6. The zero-order chi connectivity index (χ0) is 14.6. The minimum Gasteiger partial charge on any atom is -0.480 e. The monoisotopic (exact) mass is 278 g/mol. The molecular weight excluding hydrogens is 260 g/mol. The van der Waals surface area contributed by atoms with E-state index in [1.54, 1.807) is 4.90 Å². The third-order valence-corrected chi connectivity index (χ3v) is 3.16. The summed E-state index contributed by atoms with van der Waals surface area (Å²) >= 11 is 0. The number of ether oxygens (including phenoxy) is 1. The highest BCUT2D eigenvalue weighted by molar-refractivity contribution is 5.82. The number of nitrogens with zero attached hydrogens (tertiary/aromatic N) is 1. The molecule has 20 heavy (non-hydrogen) atoms. The van der Waals surface area contributed by atoms with Crippen LogP contribution in [0, 0.1) is 0 Å². The molecule has 6 nitrogen and oxygen atoms in total. The van der Waals surface area contributed by atoms with Gasteiger partial charge in [0.05, 0.1) is 19.6 Å². The van der Waals surface area contributed by atoms with Crippen LogP contribution in [-0.4, -0.2) is 53.7 Å². The smallest absolute Gasteiger partial charge is 0.329 e. The van der Waals surface area contributed by atoms with E-state index in [0.29, 0.717) is 13.1 Å². The number of hydrogen-bond acceptors (Lipinski definition) is 4. The van der Waals surface area contributed by atoms with E-state index >= 15 is 0 Å². The van der Waals surface area contributed by atoms with Gasteiger partial charge in [-0.3, -0.25) is 4.79 Å². The maximum Gasteiger partial charge on any atom is 0.329 e. The molecule has 1 aliphatic rings. The second kappa shape index (κ2) is 5.92. The highest BCUT2D eigenvalue weighted by Gasteiger charge is 2.42. The standard InChI is InChI=1S/C14H18N2O4/c1-14(20-8-13(18)19)9-16(10-14)12(17)7-15-11-5-3-2-4-6-11/h2-6,15H,7-10H2,1H3,(H,18,19). The van der Waals surface area contributed by atoms with Crippen LogP contribution >= 0.6 is 0 Å². The molecule has 0 unspecified atom stereocenters. The van der Waals surface area contributed by atoms with Crippen LogP contribution in [0.3, 0.4) is 0 Å². The first-order valence-electron chi connectivity index (χ1n) is 6.41. The Kier molecular flexibility index (Phi) is 4.24. The molecule has 1 fully saturated rings. The molecule has 1 aromatic carbocycles. The number of anilines is 1. The normalized spacial score (nSPS) is 16.4. The van der Waals surface area contributed by atoms with Crippen LogP contribution in [0.4, 0.5) is 5.69 Å². The average Bonchev–Trinajstić information content (AvgIpc) is 2.40. The van der Waals surface area contributed by atoms with Gasteiger partial charge in [-0.25, -0.2) is 4.79 Å². The summed E-state index contributed by atoms with van der Waals surface area (Å²) in [4.78, 5) is 24.0. The molecule has 1 saturated heterocycles. The Hall–Kier alpha value is -2.08. The second-order valence-electron chi connectivity index (χ2n) is 5.10. The largest absolute Gasteiger partial charge is 0.480 e. The van der Waals surface area contributed by atoms with Gasteiger partial charge >= 0.3 is 5.97 Å². The quantitative estimate of drug-likeness (QED) is 0.804. The van der Waals surface area contributed by atoms with Gasteiger partial charge in [0.15, 0.2) is 0 Å². The topological polar surface area (TPSA) is 78.9 Å². The van der Waals surface area contributed by atoms with Crippen LogP contribution in [0.5, 0.6) is 0 Å². The number of nitrogens with one attached hydrogen (secondary N) is 1. The van der Waals surface area contributed by atoms with Crippen LogP contribution < -0.4 is 5.32 Å². The predicted molar refractivity (Wildman–Crippen MR) is 73.5 cm³/mol. The minimum atomic E-state index is -0.998. The molecule has 0 bridgehead atoms. The van der Waals surface area contributed by atoms with Crippen LogP contribution in [0.15, 0.2) is 30.3 Å². The van der Waals surface area contributed by atoms with Crippen molar-refractivity contribution in [2.24, 2.45) is 0 Å². The molecule has 1 amide bonds. The molecule has 1 aliphatic heterocycles. The fraction of sp³-hybridized carbons (Fsp3) is 0.429. The summed E-state index contributed by atoms with van der Waals surface area (Å²) in [6.45, 7) is 2.55. The van der Waals surface area contributed by atoms with E-state index in [4.69, 9.17) is 9.84 Å². The highest BCUT2D eigenvalue weighted by atomic mass is 16.5. The molecular formula is C14H18N2O4. The van der Waals surface area contributed by atoms with E-state index in [1.807, 2.05) is 37.3 Å². The third-order valence-electron chi connectivity index (χ3n) is 3.16. The number of carboxylic acid groups (broad SMARTS) is 1. The van der Waals surface area contributed by atoms with Crippen molar-refractivity contribution in [3.63, 3.8) is 0 Å². The molecule has 2 N–H and O–H groups in total. The summed E-state index contributed by atoms with van der Waals surface area (Å²) < 4.78 is 5.26. The third kappa shape index (κ3) is 3.71. The Morgan fingerprint density at radius 3 is 2.60 bits per heavy atom. The number of aliphatic carboxylic acids is 1. The summed E-state index contributed by atoms with van der Waals surface area (Å²) in [5.41, 5.74) is 0.354. The molecule has 0 saturated carbocycles. The Morgan fingerprint density at radius 2 is 2.00 bits per heavy atom. The van der Waals surface area contributed by atoms with Crippen molar-refractivity contribution in [3.8, 4) is 0 Å². The highest BCUT2D eigenvalue weighted by Crippen LogP contribution is 2.24. The molecule has 2 rings (SSSR count). The van der Waals surface area contributed by atoms with E-state index in [-0.39, 0.29) is 19.1 Å². The van der Waals surface area contributed by atoms with Crippen molar-refractivity contribution < 1.29 is 19.4 Å². The van der Waals surface area contributed by atoms with Gasteiger partial charge in [0.2, 0.25) is 5.91 Å². The number of benzene rings is 1. The molecule has 1 heterocycles. The van der Waals surface area contributed by atoms with Gasteiger partial charge in [0.1, 0.15) is 12.2 Å². The van der Waals surface area contributed by atoms with E-state index in [0.717, 1.165) is 5.69 Å². The number of para-hydroxylation sites is 1. The lowest BCUT2D eigenvalue weighted by molar-refractivity contribution is -0.172. The van der Waals surface area contributed by atoms with E-state index in [9.17, 15) is 9.59 Å². The molecule has 0 aliphatic carbocycles. The lowest BCUT2D eigenvalue weighted by Gasteiger charge is -2.47. The lowest BCUT2D eigenvalue weighted by Crippen LogP contribution is -2.64. The fourth-order valence-electron chi connectivity index (χ4n) is 2.11. The maximum absolute atomic E-state index is 11.9. The van der Waals surface area contributed by atoms with Crippen molar-refractivity contribution in [2.75, 3.05) is 31.6 Å². The van der Waals surface area contributed by atoms with Crippen molar-refractivity contribution in [1.29, 1.82) is 0 Å². The van der Waals surface area contributed by atoms with E-state index < -0.39 is 11.6 Å². The summed E-state index contributed by atoms with van der Waals surface area (Å²) in [6.07, 6.45) is 0. The molecule has 0 radical (unpaired) electrons. The zero-order valence-corrected chi connectivity index (χ0v) is 11.3. The number of amides is 1. The van der Waals surface area contributed by atoms with Crippen LogP contribution in [0.25, 0.3) is 0 Å². The van der Waals surface area contributed by atoms with Gasteiger partial charge < -0.3 is 20.1 Å². The lowest BCUT2D eigenvalue weighted by atomic mass is 9.96. The number of carbonyl (C=O) groups is 2. The van der Waals surface area contributed by atoms with Crippen LogP contribution in [0.1, 0.15) is 6.92 Å². The Balaban J connectivity index is 1.72. The SMILES string of the molecule is CC1(OCC(=O)O)CN(C(=O)CNc2ccccc2)C1. The predicted octanol–water partition coefficient (Wildman–Crippen LogP) is 0.801. The average molecular weight is 278 g/mol.